The Labute approximate surface area is 101 Å². The summed E-state index contributed by atoms with van der Waals surface area (Å²) in [7, 11) is 0. The molecule has 1 fully saturated rings. The van der Waals surface area contributed by atoms with Crippen molar-refractivity contribution in [1.29, 1.82) is 0 Å². The molecule has 5 nitrogen and oxygen atoms in total. The number of hydrogen-bond acceptors (Lipinski definition) is 5. The van der Waals surface area contributed by atoms with E-state index in [0.717, 1.165) is 25.8 Å². The van der Waals surface area contributed by atoms with Crippen LogP contribution in [0.4, 0.5) is 0 Å². The van der Waals surface area contributed by atoms with Crippen LogP contribution in [-0.4, -0.2) is 40.5 Å². The Morgan fingerprint density at radius 2 is 2.41 bits per heavy atom. The van der Waals surface area contributed by atoms with E-state index >= 15 is 0 Å². The molecule has 0 aliphatic carbocycles. The van der Waals surface area contributed by atoms with Gasteiger partial charge in [-0.05, 0) is 25.9 Å². The van der Waals surface area contributed by atoms with Crippen LogP contribution in [-0.2, 0) is 17.6 Å². The highest BCUT2D eigenvalue weighted by Crippen LogP contribution is 2.19. The fourth-order valence-corrected chi connectivity index (χ4v) is 2.44. The second kappa shape index (κ2) is 5.91. The van der Waals surface area contributed by atoms with Crippen molar-refractivity contribution in [3.8, 4) is 0 Å². The smallest absolute Gasteiger partial charge is 0.228 e. The average molecular weight is 237 g/mol. The quantitative estimate of drug-likeness (QED) is 0.721. The summed E-state index contributed by atoms with van der Waals surface area (Å²) in [5.74, 6) is 1.15. The number of likely N-dealkylation sites (tertiary alicyclic amines) is 1. The molecule has 17 heavy (non-hydrogen) atoms. The van der Waals surface area contributed by atoms with Gasteiger partial charge in [-0.25, -0.2) is 0 Å². The van der Waals surface area contributed by atoms with Crippen LogP contribution in [0.5, 0.6) is 0 Å². The zero-order valence-electron chi connectivity index (χ0n) is 10.3. The van der Waals surface area contributed by atoms with Gasteiger partial charge in [-0.1, -0.05) is 18.5 Å². The number of piperidine rings is 1. The minimum absolute atomic E-state index is 0.242. The van der Waals surface area contributed by atoms with Gasteiger partial charge in [0.2, 0.25) is 5.89 Å². The van der Waals surface area contributed by atoms with Gasteiger partial charge in [-0.2, -0.15) is 4.98 Å². The van der Waals surface area contributed by atoms with Gasteiger partial charge < -0.3 is 14.2 Å². The van der Waals surface area contributed by atoms with Gasteiger partial charge in [0.25, 0.3) is 0 Å². The number of carbonyl (C=O) groups is 1. The van der Waals surface area contributed by atoms with E-state index in [1.165, 1.54) is 19.3 Å². The summed E-state index contributed by atoms with van der Waals surface area (Å²) in [4.78, 5) is 17.0. The molecule has 1 saturated heterocycles. The Bertz CT molecular complexity index is 364. The van der Waals surface area contributed by atoms with Crippen molar-refractivity contribution in [3.63, 3.8) is 0 Å². The van der Waals surface area contributed by atoms with Crippen molar-refractivity contribution in [1.82, 2.24) is 15.0 Å². The fraction of sp³-hybridized carbons (Fsp3) is 0.750. The van der Waals surface area contributed by atoms with Crippen molar-refractivity contribution >= 4 is 6.29 Å². The molecule has 0 amide bonds. The van der Waals surface area contributed by atoms with Crippen molar-refractivity contribution in [3.05, 3.63) is 11.7 Å². The van der Waals surface area contributed by atoms with Crippen LogP contribution in [0.3, 0.4) is 0 Å². The summed E-state index contributed by atoms with van der Waals surface area (Å²) < 4.78 is 5.17. The molecule has 94 valence electrons. The Balaban J connectivity index is 1.95. The van der Waals surface area contributed by atoms with Crippen molar-refractivity contribution in [2.24, 2.45) is 0 Å². The second-order valence-electron chi connectivity index (χ2n) is 4.46. The lowest BCUT2D eigenvalue weighted by atomic mass is 9.99. The van der Waals surface area contributed by atoms with E-state index in [4.69, 9.17) is 4.52 Å². The SMILES string of the molecule is CCN1CCCCC1Cc1nc(CC=O)no1. The Hall–Kier alpha value is -1.23. The van der Waals surface area contributed by atoms with Gasteiger partial charge in [0.1, 0.15) is 6.29 Å². The zero-order valence-corrected chi connectivity index (χ0v) is 10.3. The normalized spacial score (nSPS) is 21.6. The number of hydrogen-bond donors (Lipinski definition) is 0. The lowest BCUT2D eigenvalue weighted by Gasteiger charge is -2.33. The summed E-state index contributed by atoms with van der Waals surface area (Å²) in [6, 6.07) is 0.512. The highest BCUT2D eigenvalue weighted by atomic mass is 16.5. The molecule has 2 rings (SSSR count). The van der Waals surface area contributed by atoms with E-state index < -0.39 is 0 Å². The third-order valence-corrected chi connectivity index (χ3v) is 3.34. The number of likely N-dealkylation sites (N-methyl/N-ethyl adjacent to an activating group) is 1. The van der Waals surface area contributed by atoms with Crippen LogP contribution < -0.4 is 0 Å². The van der Waals surface area contributed by atoms with Crippen LogP contribution in [0.25, 0.3) is 0 Å². The molecule has 1 aromatic heterocycles. The molecule has 1 aromatic rings. The summed E-state index contributed by atoms with van der Waals surface area (Å²) in [6.07, 6.45) is 5.60. The molecule has 0 saturated carbocycles. The van der Waals surface area contributed by atoms with Crippen LogP contribution >= 0.6 is 0 Å². The lowest BCUT2D eigenvalue weighted by molar-refractivity contribution is -0.107. The van der Waals surface area contributed by atoms with Gasteiger partial charge in [0.05, 0.1) is 6.42 Å². The second-order valence-corrected chi connectivity index (χ2v) is 4.46. The maximum absolute atomic E-state index is 10.3. The minimum Gasteiger partial charge on any atom is -0.339 e. The van der Waals surface area contributed by atoms with E-state index in [1.54, 1.807) is 0 Å². The van der Waals surface area contributed by atoms with E-state index in [0.29, 0.717) is 17.8 Å². The molecule has 1 aliphatic rings. The average Bonchev–Trinajstić information content (AvgIpc) is 2.78. The maximum atomic E-state index is 10.3. The summed E-state index contributed by atoms with van der Waals surface area (Å²) in [5.41, 5.74) is 0. The predicted molar refractivity (Wildman–Crippen MR) is 62.7 cm³/mol. The van der Waals surface area contributed by atoms with E-state index in [1.807, 2.05) is 0 Å². The highest BCUT2D eigenvalue weighted by molar-refractivity contribution is 5.52. The largest absolute Gasteiger partial charge is 0.339 e. The summed E-state index contributed by atoms with van der Waals surface area (Å²) in [6.45, 7) is 4.42. The lowest BCUT2D eigenvalue weighted by Crippen LogP contribution is -2.40. The maximum Gasteiger partial charge on any atom is 0.228 e. The van der Waals surface area contributed by atoms with E-state index in [-0.39, 0.29) is 6.42 Å². The standard InChI is InChI=1S/C12H19N3O2/c1-2-15-7-4-3-5-10(15)9-12-13-11(6-8-16)14-17-12/h8,10H,2-7,9H2,1H3. The van der Waals surface area contributed by atoms with E-state index in [9.17, 15) is 4.79 Å². The molecule has 0 bridgehead atoms. The molecule has 0 radical (unpaired) electrons. The number of carbonyl (C=O) groups excluding carboxylic acids is 1. The first-order chi connectivity index (χ1) is 8.33. The molecule has 0 spiro atoms. The zero-order chi connectivity index (χ0) is 12.1. The van der Waals surface area contributed by atoms with E-state index in [2.05, 4.69) is 22.0 Å². The molecule has 1 atom stereocenters. The van der Waals surface area contributed by atoms with Crippen LogP contribution in [0.15, 0.2) is 4.52 Å². The number of aldehydes is 1. The third-order valence-electron chi connectivity index (χ3n) is 3.34. The minimum atomic E-state index is 0.242. The molecule has 1 unspecified atom stereocenters. The van der Waals surface area contributed by atoms with Gasteiger partial charge in [0, 0.05) is 12.5 Å². The first-order valence-corrected chi connectivity index (χ1v) is 6.32. The van der Waals surface area contributed by atoms with Crippen molar-refractivity contribution in [2.45, 2.75) is 45.1 Å². The summed E-state index contributed by atoms with van der Waals surface area (Å²) >= 11 is 0. The molecule has 5 heteroatoms. The van der Waals surface area contributed by atoms with Gasteiger partial charge in [-0.3, -0.25) is 0 Å². The molecule has 1 aliphatic heterocycles. The molecular formula is C12H19N3O2. The highest BCUT2D eigenvalue weighted by Gasteiger charge is 2.23. The Morgan fingerprint density at radius 1 is 1.53 bits per heavy atom. The third kappa shape index (κ3) is 3.12. The molecular weight excluding hydrogens is 218 g/mol. The van der Waals surface area contributed by atoms with Crippen molar-refractivity contribution < 1.29 is 9.32 Å². The topological polar surface area (TPSA) is 59.2 Å². The number of rotatable bonds is 5. The van der Waals surface area contributed by atoms with Crippen molar-refractivity contribution in [2.75, 3.05) is 13.1 Å². The van der Waals surface area contributed by atoms with Gasteiger partial charge in [0.15, 0.2) is 5.82 Å². The number of nitrogens with zero attached hydrogens (tertiary/aromatic N) is 3. The van der Waals surface area contributed by atoms with Gasteiger partial charge in [-0.15, -0.1) is 0 Å². The molecule has 2 heterocycles. The van der Waals surface area contributed by atoms with Crippen LogP contribution in [0.1, 0.15) is 37.9 Å². The first kappa shape index (κ1) is 12.2. The monoisotopic (exact) mass is 237 g/mol. The van der Waals surface area contributed by atoms with Gasteiger partial charge >= 0.3 is 0 Å². The first-order valence-electron chi connectivity index (χ1n) is 6.32. The fourth-order valence-electron chi connectivity index (χ4n) is 2.44. The Kier molecular flexibility index (Phi) is 4.25. The molecule has 0 aromatic carbocycles. The van der Waals surface area contributed by atoms with Crippen LogP contribution in [0.2, 0.25) is 0 Å². The predicted octanol–water partition coefficient (Wildman–Crippen LogP) is 1.23. The Morgan fingerprint density at radius 3 is 3.18 bits per heavy atom. The number of aromatic nitrogens is 2. The van der Waals surface area contributed by atoms with Crippen LogP contribution in [0, 0.1) is 0 Å². The summed E-state index contributed by atoms with van der Waals surface area (Å²) in [5, 5.41) is 3.79. The molecule has 0 N–H and O–H groups in total.